The van der Waals surface area contributed by atoms with Crippen LogP contribution < -0.4 is 5.32 Å². The SMILES string of the molecule is Cc1ccc2c(C)c(C(=O)N3C[C@@H]4CNC[C@@H]4[C@@H]3c3ccccc3)oc2c1.Cl. The van der Waals surface area contributed by atoms with Crippen molar-refractivity contribution in [3.8, 4) is 0 Å². The van der Waals surface area contributed by atoms with Crippen molar-refractivity contribution in [2.24, 2.45) is 11.8 Å². The Balaban J connectivity index is 0.00000192. The number of hydrogen-bond acceptors (Lipinski definition) is 3. The van der Waals surface area contributed by atoms with E-state index in [1.165, 1.54) is 5.56 Å². The molecular formula is C23H25ClN2O2. The highest BCUT2D eigenvalue weighted by atomic mass is 35.5. The van der Waals surface area contributed by atoms with E-state index in [-0.39, 0.29) is 24.4 Å². The maximum absolute atomic E-state index is 13.5. The molecule has 146 valence electrons. The van der Waals surface area contributed by atoms with Gasteiger partial charge in [0, 0.05) is 36.5 Å². The van der Waals surface area contributed by atoms with E-state index in [0.29, 0.717) is 17.6 Å². The minimum absolute atomic E-state index is 0. The van der Waals surface area contributed by atoms with Gasteiger partial charge in [0.05, 0.1) is 6.04 Å². The molecule has 2 aliphatic heterocycles. The predicted octanol–water partition coefficient (Wildman–Crippen LogP) is 4.50. The number of furan rings is 1. The van der Waals surface area contributed by atoms with E-state index in [4.69, 9.17) is 4.42 Å². The van der Waals surface area contributed by atoms with Crippen LogP contribution in [0.2, 0.25) is 0 Å². The summed E-state index contributed by atoms with van der Waals surface area (Å²) in [6, 6.07) is 16.7. The van der Waals surface area contributed by atoms with E-state index in [9.17, 15) is 4.79 Å². The molecule has 2 aliphatic rings. The van der Waals surface area contributed by atoms with Crippen LogP contribution in [0.4, 0.5) is 0 Å². The van der Waals surface area contributed by atoms with Gasteiger partial charge in [-0.1, -0.05) is 42.5 Å². The summed E-state index contributed by atoms with van der Waals surface area (Å²) >= 11 is 0. The van der Waals surface area contributed by atoms with Crippen molar-refractivity contribution in [1.29, 1.82) is 0 Å². The number of hydrogen-bond donors (Lipinski definition) is 1. The molecule has 5 heteroatoms. The minimum atomic E-state index is 0. The molecule has 3 heterocycles. The Bertz CT molecular complexity index is 1010. The second-order valence-electron chi connectivity index (χ2n) is 7.95. The Morgan fingerprint density at radius 2 is 1.89 bits per heavy atom. The fourth-order valence-electron chi connectivity index (χ4n) is 4.87. The Kier molecular flexibility index (Phi) is 4.94. The molecule has 3 atom stereocenters. The van der Waals surface area contributed by atoms with E-state index >= 15 is 0 Å². The van der Waals surface area contributed by atoms with Crippen LogP contribution in [-0.4, -0.2) is 30.4 Å². The number of nitrogens with zero attached hydrogens (tertiary/aromatic N) is 1. The molecule has 0 unspecified atom stereocenters. The second kappa shape index (κ2) is 7.26. The van der Waals surface area contributed by atoms with Crippen LogP contribution >= 0.6 is 12.4 Å². The molecule has 2 fully saturated rings. The summed E-state index contributed by atoms with van der Waals surface area (Å²) in [5.41, 5.74) is 4.09. The van der Waals surface area contributed by atoms with Crippen LogP contribution in [0.15, 0.2) is 52.9 Å². The van der Waals surface area contributed by atoms with Gasteiger partial charge in [-0.05, 0) is 37.0 Å². The van der Waals surface area contributed by atoms with Gasteiger partial charge in [-0.3, -0.25) is 4.79 Å². The smallest absolute Gasteiger partial charge is 0.290 e. The molecule has 2 aromatic carbocycles. The van der Waals surface area contributed by atoms with Crippen LogP contribution in [0, 0.1) is 25.7 Å². The number of rotatable bonds is 2. The molecule has 1 aromatic heterocycles. The average molecular weight is 397 g/mol. The lowest BCUT2D eigenvalue weighted by molar-refractivity contribution is 0.0683. The van der Waals surface area contributed by atoms with Crippen molar-refractivity contribution in [2.75, 3.05) is 19.6 Å². The van der Waals surface area contributed by atoms with Gasteiger partial charge in [-0.25, -0.2) is 0 Å². The summed E-state index contributed by atoms with van der Waals surface area (Å²) < 4.78 is 6.05. The van der Waals surface area contributed by atoms with E-state index in [2.05, 4.69) is 41.7 Å². The lowest BCUT2D eigenvalue weighted by Crippen LogP contribution is -2.34. The molecule has 2 saturated heterocycles. The highest BCUT2D eigenvalue weighted by Crippen LogP contribution is 2.43. The summed E-state index contributed by atoms with van der Waals surface area (Å²) in [4.78, 5) is 15.6. The van der Waals surface area contributed by atoms with Crippen molar-refractivity contribution in [3.63, 3.8) is 0 Å². The van der Waals surface area contributed by atoms with Gasteiger partial charge < -0.3 is 14.6 Å². The van der Waals surface area contributed by atoms with Crippen LogP contribution in [-0.2, 0) is 0 Å². The molecule has 0 spiro atoms. The third kappa shape index (κ3) is 2.92. The van der Waals surface area contributed by atoms with Crippen LogP contribution in [0.5, 0.6) is 0 Å². The van der Waals surface area contributed by atoms with Gasteiger partial charge in [-0.2, -0.15) is 0 Å². The van der Waals surface area contributed by atoms with Crippen molar-refractivity contribution in [2.45, 2.75) is 19.9 Å². The summed E-state index contributed by atoms with van der Waals surface area (Å²) in [6.45, 7) is 6.76. The van der Waals surface area contributed by atoms with Crippen LogP contribution in [0.3, 0.4) is 0 Å². The maximum atomic E-state index is 13.5. The molecule has 1 N–H and O–H groups in total. The van der Waals surface area contributed by atoms with Crippen molar-refractivity contribution < 1.29 is 9.21 Å². The van der Waals surface area contributed by atoms with Gasteiger partial charge in [0.2, 0.25) is 0 Å². The zero-order valence-electron chi connectivity index (χ0n) is 16.1. The van der Waals surface area contributed by atoms with E-state index in [1.807, 2.05) is 30.9 Å². The van der Waals surface area contributed by atoms with Gasteiger partial charge in [0.15, 0.2) is 5.76 Å². The fourth-order valence-corrected chi connectivity index (χ4v) is 4.87. The Morgan fingerprint density at radius 3 is 2.68 bits per heavy atom. The highest BCUT2D eigenvalue weighted by molar-refractivity contribution is 5.99. The molecule has 0 saturated carbocycles. The highest BCUT2D eigenvalue weighted by Gasteiger charge is 2.47. The molecule has 28 heavy (non-hydrogen) atoms. The number of carbonyl (C=O) groups is 1. The second-order valence-corrected chi connectivity index (χ2v) is 7.95. The number of carbonyl (C=O) groups excluding carboxylic acids is 1. The van der Waals surface area contributed by atoms with Gasteiger partial charge in [0.25, 0.3) is 5.91 Å². The van der Waals surface area contributed by atoms with E-state index < -0.39 is 0 Å². The van der Waals surface area contributed by atoms with E-state index in [0.717, 1.165) is 41.7 Å². The lowest BCUT2D eigenvalue weighted by Gasteiger charge is -2.28. The average Bonchev–Trinajstić information content (AvgIpc) is 3.34. The molecule has 5 rings (SSSR count). The standard InChI is InChI=1S/C23H24N2O2.ClH/c1-14-8-9-18-15(2)22(27-20(18)10-14)23(26)25-13-17-11-24-12-19(17)21(25)16-6-4-3-5-7-16;/h3-10,17,19,21,24H,11-13H2,1-2H3;1H/t17-,19-,21-;/m0./s1. The molecule has 1 amide bonds. The Labute approximate surface area is 171 Å². The third-order valence-electron chi connectivity index (χ3n) is 6.25. The first-order valence-electron chi connectivity index (χ1n) is 9.70. The summed E-state index contributed by atoms with van der Waals surface area (Å²) in [5.74, 6) is 1.48. The summed E-state index contributed by atoms with van der Waals surface area (Å²) in [6.07, 6.45) is 0. The van der Waals surface area contributed by atoms with Gasteiger partial charge in [0.1, 0.15) is 5.58 Å². The normalized spacial score (nSPS) is 23.6. The number of amides is 1. The fraction of sp³-hybridized carbons (Fsp3) is 0.348. The number of aryl methyl sites for hydroxylation is 2. The van der Waals surface area contributed by atoms with E-state index in [1.54, 1.807) is 0 Å². The van der Waals surface area contributed by atoms with Crippen LogP contribution in [0.1, 0.15) is 33.3 Å². The predicted molar refractivity (Wildman–Crippen MR) is 113 cm³/mol. The van der Waals surface area contributed by atoms with Crippen molar-refractivity contribution in [3.05, 3.63) is 71.0 Å². The Morgan fingerprint density at radius 1 is 1.11 bits per heavy atom. The zero-order valence-corrected chi connectivity index (χ0v) is 17.0. The number of nitrogens with one attached hydrogen (secondary N) is 1. The lowest BCUT2D eigenvalue weighted by atomic mass is 9.89. The summed E-state index contributed by atoms with van der Waals surface area (Å²) in [7, 11) is 0. The number of likely N-dealkylation sites (tertiary alicyclic amines) is 1. The molecule has 0 aliphatic carbocycles. The zero-order chi connectivity index (χ0) is 18.5. The maximum Gasteiger partial charge on any atom is 0.290 e. The van der Waals surface area contributed by atoms with Crippen LogP contribution in [0.25, 0.3) is 11.0 Å². The number of halogens is 1. The topological polar surface area (TPSA) is 45.5 Å². The molecule has 0 bridgehead atoms. The van der Waals surface area contributed by atoms with Gasteiger partial charge in [-0.15, -0.1) is 12.4 Å². The first kappa shape index (κ1) is 19.0. The third-order valence-corrected chi connectivity index (χ3v) is 6.25. The van der Waals surface area contributed by atoms with Gasteiger partial charge >= 0.3 is 0 Å². The molecule has 3 aromatic rings. The summed E-state index contributed by atoms with van der Waals surface area (Å²) in [5, 5.41) is 4.53. The molecule has 0 radical (unpaired) electrons. The number of benzene rings is 2. The van der Waals surface area contributed by atoms with Crippen molar-refractivity contribution >= 4 is 29.3 Å². The minimum Gasteiger partial charge on any atom is -0.451 e. The monoisotopic (exact) mass is 396 g/mol. The Hall–Kier alpha value is -2.30. The largest absolute Gasteiger partial charge is 0.451 e. The molecule has 4 nitrogen and oxygen atoms in total. The first-order valence-corrected chi connectivity index (χ1v) is 9.70. The number of fused-ring (bicyclic) bond motifs is 2. The van der Waals surface area contributed by atoms with Crippen molar-refractivity contribution in [1.82, 2.24) is 10.2 Å². The quantitative estimate of drug-likeness (QED) is 0.693. The first-order chi connectivity index (χ1) is 13.1. The molecular weight excluding hydrogens is 372 g/mol.